The summed E-state index contributed by atoms with van der Waals surface area (Å²) in [4.78, 5) is 8.70. The summed E-state index contributed by atoms with van der Waals surface area (Å²) in [6.07, 6.45) is 12.8. The van der Waals surface area contributed by atoms with Gasteiger partial charge < -0.3 is 11.5 Å². The van der Waals surface area contributed by atoms with Crippen molar-refractivity contribution >= 4 is 0 Å². The largest absolute Gasteiger partial charge is 0.330 e. The molecule has 228 valence electrons. The van der Waals surface area contributed by atoms with Crippen LogP contribution in [-0.2, 0) is 0 Å². The molecule has 39 heavy (non-hydrogen) atoms. The van der Waals surface area contributed by atoms with Crippen molar-refractivity contribution < 1.29 is 0 Å². The summed E-state index contributed by atoms with van der Waals surface area (Å²) in [6, 6.07) is 1.84. The molecule has 3 saturated carbocycles. The molecule has 1 heterocycles. The average Bonchev–Trinajstić information content (AvgIpc) is 2.80. The monoisotopic (exact) mass is 546 g/mol. The molecule has 4 N–H and O–H groups in total. The molecule has 0 amide bonds. The van der Waals surface area contributed by atoms with Crippen LogP contribution in [0.2, 0.25) is 0 Å². The van der Waals surface area contributed by atoms with Gasteiger partial charge in [-0.15, -0.1) is 0 Å². The molecule has 0 aromatic rings. The molecule has 0 bridgehead atoms. The minimum atomic E-state index is 0.234. The first-order valence-electron chi connectivity index (χ1n) is 16.4. The maximum atomic E-state index is 6.44. The Morgan fingerprint density at radius 3 is 1.05 bits per heavy atom. The summed E-state index contributed by atoms with van der Waals surface area (Å²) in [7, 11) is 0. The molecule has 4 rings (SSSR count). The van der Waals surface area contributed by atoms with E-state index in [4.69, 9.17) is 11.5 Å². The molecule has 1 aliphatic heterocycles. The van der Waals surface area contributed by atoms with Crippen molar-refractivity contribution in [2.45, 2.75) is 152 Å². The van der Waals surface area contributed by atoms with Crippen LogP contribution in [0.25, 0.3) is 0 Å². The minimum absolute atomic E-state index is 0.234. The molecule has 0 spiro atoms. The van der Waals surface area contributed by atoms with Gasteiger partial charge in [0.15, 0.2) is 0 Å². The summed E-state index contributed by atoms with van der Waals surface area (Å²) in [5.41, 5.74) is 14.9. The summed E-state index contributed by atoms with van der Waals surface area (Å²) >= 11 is 0. The van der Waals surface area contributed by atoms with Crippen LogP contribution in [0.15, 0.2) is 0 Å². The fourth-order valence-corrected chi connectivity index (χ4v) is 10.6. The maximum Gasteiger partial charge on any atom is 0.0535 e. The third-order valence-electron chi connectivity index (χ3n) is 11.7. The zero-order chi connectivity index (χ0) is 29.1. The third-order valence-corrected chi connectivity index (χ3v) is 11.7. The number of nitrogens with zero attached hydrogens (tertiary/aromatic N) is 3. The van der Waals surface area contributed by atoms with Crippen LogP contribution in [0, 0.1) is 32.5 Å². The van der Waals surface area contributed by atoms with Gasteiger partial charge in [-0.1, -0.05) is 75.7 Å². The molecule has 0 aromatic heterocycles. The number of hydrogen-bond donors (Lipinski definition) is 2. The van der Waals surface area contributed by atoms with Gasteiger partial charge in [0.1, 0.15) is 0 Å². The molecule has 5 nitrogen and oxygen atoms in total. The van der Waals surface area contributed by atoms with E-state index in [0.29, 0.717) is 39.8 Å². The van der Waals surface area contributed by atoms with Crippen molar-refractivity contribution in [3.63, 3.8) is 0 Å². The van der Waals surface area contributed by atoms with Crippen LogP contribution in [-0.4, -0.2) is 65.9 Å². The highest BCUT2D eigenvalue weighted by atomic mass is 15.5. The van der Waals surface area contributed by atoms with E-state index in [9.17, 15) is 0 Å². The lowest BCUT2D eigenvalue weighted by molar-refractivity contribution is -0.138. The van der Waals surface area contributed by atoms with Crippen LogP contribution >= 0.6 is 0 Å². The molecule has 6 unspecified atom stereocenters. The second kappa shape index (κ2) is 10.8. The Kier molecular flexibility index (Phi) is 8.80. The van der Waals surface area contributed by atoms with E-state index in [1.165, 1.54) is 64.2 Å². The quantitative estimate of drug-likeness (QED) is 0.382. The van der Waals surface area contributed by atoms with Crippen LogP contribution in [0.5, 0.6) is 0 Å². The first kappa shape index (κ1) is 31.7. The Labute approximate surface area is 243 Å². The Balaban J connectivity index is 1.65. The van der Waals surface area contributed by atoms with E-state index in [-0.39, 0.29) is 10.8 Å². The Morgan fingerprint density at radius 2 is 0.769 bits per heavy atom. The summed E-state index contributed by atoms with van der Waals surface area (Å²) in [5, 5.41) is 0. The second-order valence-corrected chi connectivity index (χ2v) is 18.6. The lowest BCUT2D eigenvalue weighted by Gasteiger charge is -2.58. The van der Waals surface area contributed by atoms with Crippen LogP contribution in [0.4, 0.5) is 0 Å². The first-order valence-corrected chi connectivity index (χ1v) is 16.4. The van der Waals surface area contributed by atoms with Crippen molar-refractivity contribution in [1.29, 1.82) is 0 Å². The van der Waals surface area contributed by atoms with Crippen molar-refractivity contribution in [3.8, 4) is 0 Å². The van der Waals surface area contributed by atoms with E-state index in [0.717, 1.165) is 33.1 Å². The SMILES string of the molecule is CCC1(C)CC(N2CN(C3CC(C)(C)CC(C)(CN)C3)CN(C3CC(C)(C)CC(C)(CN)C3)C2)CC(C)(C)C1. The van der Waals surface area contributed by atoms with Gasteiger partial charge in [-0.25, -0.2) is 0 Å². The van der Waals surface area contributed by atoms with Gasteiger partial charge in [-0.2, -0.15) is 0 Å². The lowest BCUT2D eigenvalue weighted by Crippen LogP contribution is -2.65. The van der Waals surface area contributed by atoms with Crippen molar-refractivity contribution in [2.24, 2.45) is 44.0 Å². The van der Waals surface area contributed by atoms with Gasteiger partial charge in [0.05, 0.1) is 20.0 Å². The normalized spacial score (nSPS) is 43.8. The van der Waals surface area contributed by atoms with Crippen molar-refractivity contribution in [2.75, 3.05) is 33.1 Å². The minimum Gasteiger partial charge on any atom is -0.330 e. The number of hydrogen-bond acceptors (Lipinski definition) is 5. The Bertz CT molecular complexity index is 737. The van der Waals surface area contributed by atoms with E-state index in [1.807, 2.05) is 0 Å². The van der Waals surface area contributed by atoms with Gasteiger partial charge in [0.25, 0.3) is 0 Å². The Hall–Kier alpha value is -0.200. The van der Waals surface area contributed by atoms with Crippen LogP contribution in [0.1, 0.15) is 133 Å². The smallest absolute Gasteiger partial charge is 0.0535 e. The van der Waals surface area contributed by atoms with Gasteiger partial charge in [-0.05, 0) is 103 Å². The highest BCUT2D eigenvalue weighted by molar-refractivity contribution is 5.01. The third kappa shape index (κ3) is 7.42. The Morgan fingerprint density at radius 1 is 0.487 bits per heavy atom. The number of rotatable bonds is 6. The van der Waals surface area contributed by atoms with Gasteiger partial charge >= 0.3 is 0 Å². The van der Waals surface area contributed by atoms with E-state index < -0.39 is 0 Å². The van der Waals surface area contributed by atoms with E-state index >= 15 is 0 Å². The fourth-order valence-electron chi connectivity index (χ4n) is 10.6. The topological polar surface area (TPSA) is 61.8 Å². The van der Waals surface area contributed by atoms with E-state index in [1.54, 1.807) is 0 Å². The molecule has 3 aliphatic carbocycles. The molecule has 1 saturated heterocycles. The highest BCUT2D eigenvalue weighted by Crippen LogP contribution is 2.52. The summed E-state index contributed by atoms with van der Waals surface area (Å²) < 4.78 is 0. The summed E-state index contributed by atoms with van der Waals surface area (Å²) in [6.45, 7) is 29.8. The van der Waals surface area contributed by atoms with Crippen LogP contribution in [0.3, 0.4) is 0 Å². The number of nitrogens with two attached hydrogens (primary N) is 2. The predicted octanol–water partition coefficient (Wildman–Crippen LogP) is 6.86. The van der Waals surface area contributed by atoms with Gasteiger partial charge in [0.2, 0.25) is 0 Å². The summed E-state index contributed by atoms with van der Waals surface area (Å²) in [5.74, 6) is 0. The van der Waals surface area contributed by atoms with Crippen molar-refractivity contribution in [1.82, 2.24) is 14.7 Å². The zero-order valence-electron chi connectivity index (χ0n) is 27.8. The second-order valence-electron chi connectivity index (χ2n) is 18.6. The zero-order valence-corrected chi connectivity index (χ0v) is 27.8. The fraction of sp³-hybridized carbons (Fsp3) is 1.00. The van der Waals surface area contributed by atoms with Crippen LogP contribution < -0.4 is 11.5 Å². The first-order chi connectivity index (χ1) is 17.8. The molecule has 4 aliphatic rings. The molecule has 0 aromatic carbocycles. The molecule has 5 heteroatoms. The lowest BCUT2D eigenvalue weighted by atomic mass is 9.61. The predicted molar refractivity (Wildman–Crippen MR) is 167 cm³/mol. The molecule has 6 atom stereocenters. The highest BCUT2D eigenvalue weighted by Gasteiger charge is 2.49. The van der Waals surface area contributed by atoms with Crippen molar-refractivity contribution in [3.05, 3.63) is 0 Å². The molecule has 4 fully saturated rings. The standard InChI is InChI=1S/C34H67N5/c1-11-32(8)15-26(12-29(2,3)18-32)37-23-38(27-13-30(4,5)19-33(9,16-27)21-35)25-39(24-37)28-14-31(6,7)20-34(10,17-28)22-36/h26-28H,11-25,35-36H2,1-10H3. The molecular weight excluding hydrogens is 478 g/mol. The average molecular weight is 546 g/mol. The van der Waals surface area contributed by atoms with Gasteiger partial charge in [0, 0.05) is 18.1 Å². The molecular formula is C34H67N5. The van der Waals surface area contributed by atoms with E-state index in [2.05, 4.69) is 83.9 Å². The molecule has 0 radical (unpaired) electrons. The van der Waals surface area contributed by atoms with Gasteiger partial charge in [-0.3, -0.25) is 14.7 Å². The maximum absolute atomic E-state index is 6.44.